The van der Waals surface area contributed by atoms with E-state index in [4.69, 9.17) is 6.42 Å². The van der Waals surface area contributed by atoms with Crippen LogP contribution >= 0.6 is 0 Å². The molecule has 90 valence electrons. The molecule has 0 heterocycles. The lowest BCUT2D eigenvalue weighted by molar-refractivity contribution is 0.0962. The second-order valence-corrected chi connectivity index (χ2v) is 4.30. The van der Waals surface area contributed by atoms with Crippen LogP contribution in [-0.4, -0.2) is 5.11 Å². The summed E-state index contributed by atoms with van der Waals surface area (Å²) in [5.74, 6) is 2.46. The number of hydrogen-bond donors (Lipinski definition) is 1. The Hall–Kier alpha value is -2.04. The predicted molar refractivity (Wildman–Crippen MR) is 74.9 cm³/mol. The molecule has 2 rings (SSSR count). The van der Waals surface area contributed by atoms with Crippen LogP contribution in [0.3, 0.4) is 0 Å². The van der Waals surface area contributed by atoms with Crippen molar-refractivity contribution in [2.75, 3.05) is 0 Å². The maximum Gasteiger partial charge on any atom is 0.150 e. The van der Waals surface area contributed by atoms with Crippen molar-refractivity contribution in [3.8, 4) is 23.5 Å². The van der Waals surface area contributed by atoms with E-state index in [2.05, 4.69) is 18.1 Å². The Morgan fingerprint density at radius 1 is 1.00 bits per heavy atom. The maximum absolute atomic E-state index is 10.2. The Morgan fingerprint density at radius 2 is 1.56 bits per heavy atom. The molecule has 0 spiro atoms. The van der Waals surface area contributed by atoms with Crippen molar-refractivity contribution in [2.45, 2.75) is 18.9 Å². The van der Waals surface area contributed by atoms with Crippen molar-refractivity contribution in [3.63, 3.8) is 0 Å². The van der Waals surface area contributed by atoms with Crippen LogP contribution in [0.5, 0.6) is 0 Å². The molecular weight excluding hydrogens is 220 g/mol. The molecule has 1 nitrogen and oxygen atoms in total. The molecule has 0 fully saturated rings. The number of rotatable bonds is 3. The smallest absolute Gasteiger partial charge is 0.150 e. The van der Waals surface area contributed by atoms with Crippen LogP contribution in [0.4, 0.5) is 0 Å². The SMILES string of the molecule is C#CC(O)(CC)c1ccc(-c2ccccc2)cc1. The van der Waals surface area contributed by atoms with E-state index in [0.29, 0.717) is 6.42 Å². The number of benzene rings is 2. The molecule has 0 bridgehead atoms. The van der Waals surface area contributed by atoms with Crippen molar-refractivity contribution >= 4 is 0 Å². The molecular formula is C17H16O. The highest BCUT2D eigenvalue weighted by Crippen LogP contribution is 2.27. The topological polar surface area (TPSA) is 20.2 Å². The van der Waals surface area contributed by atoms with Crippen molar-refractivity contribution in [1.29, 1.82) is 0 Å². The summed E-state index contributed by atoms with van der Waals surface area (Å²) in [7, 11) is 0. The summed E-state index contributed by atoms with van der Waals surface area (Å²) >= 11 is 0. The predicted octanol–water partition coefficient (Wildman–Crippen LogP) is 3.58. The normalized spacial score (nSPS) is 13.6. The van der Waals surface area contributed by atoms with Gasteiger partial charge in [0.2, 0.25) is 0 Å². The van der Waals surface area contributed by atoms with Gasteiger partial charge >= 0.3 is 0 Å². The van der Waals surface area contributed by atoms with Gasteiger partial charge in [0.05, 0.1) is 0 Å². The zero-order valence-electron chi connectivity index (χ0n) is 10.4. The summed E-state index contributed by atoms with van der Waals surface area (Å²) in [4.78, 5) is 0. The molecule has 2 aromatic rings. The van der Waals surface area contributed by atoms with Gasteiger partial charge in [0.25, 0.3) is 0 Å². The first-order chi connectivity index (χ1) is 8.69. The summed E-state index contributed by atoms with van der Waals surface area (Å²) in [6.07, 6.45) is 5.91. The summed E-state index contributed by atoms with van der Waals surface area (Å²) in [6.45, 7) is 1.88. The Bertz CT molecular complexity index is 548. The van der Waals surface area contributed by atoms with Crippen LogP contribution in [0.15, 0.2) is 54.6 Å². The van der Waals surface area contributed by atoms with Crippen molar-refractivity contribution < 1.29 is 5.11 Å². The molecule has 0 aliphatic rings. The Kier molecular flexibility index (Phi) is 3.50. The van der Waals surface area contributed by atoms with Gasteiger partial charge in [-0.1, -0.05) is 67.4 Å². The van der Waals surface area contributed by atoms with E-state index in [1.54, 1.807) is 0 Å². The van der Waals surface area contributed by atoms with Gasteiger partial charge in [-0.15, -0.1) is 6.42 Å². The van der Waals surface area contributed by atoms with Crippen molar-refractivity contribution in [1.82, 2.24) is 0 Å². The Labute approximate surface area is 108 Å². The van der Waals surface area contributed by atoms with E-state index in [1.807, 2.05) is 49.4 Å². The summed E-state index contributed by atoms with van der Waals surface area (Å²) in [6, 6.07) is 17.9. The van der Waals surface area contributed by atoms with Crippen LogP contribution in [0.1, 0.15) is 18.9 Å². The maximum atomic E-state index is 10.2. The second kappa shape index (κ2) is 5.08. The van der Waals surface area contributed by atoms with E-state index in [-0.39, 0.29) is 0 Å². The standard InChI is InChI=1S/C17H16O/c1-3-17(18,4-2)16-12-10-15(11-13-16)14-8-6-5-7-9-14/h1,5-13,18H,4H2,2H3. The molecule has 2 aromatic carbocycles. The highest BCUT2D eigenvalue weighted by Gasteiger charge is 2.23. The van der Waals surface area contributed by atoms with Gasteiger partial charge in [0.1, 0.15) is 5.60 Å². The van der Waals surface area contributed by atoms with E-state index in [0.717, 1.165) is 16.7 Å². The average Bonchev–Trinajstić information content (AvgIpc) is 2.47. The van der Waals surface area contributed by atoms with Crippen molar-refractivity contribution in [3.05, 3.63) is 60.2 Å². The fraction of sp³-hybridized carbons (Fsp3) is 0.176. The summed E-state index contributed by atoms with van der Waals surface area (Å²) < 4.78 is 0. The van der Waals surface area contributed by atoms with E-state index < -0.39 is 5.60 Å². The Morgan fingerprint density at radius 3 is 2.06 bits per heavy atom. The third kappa shape index (κ3) is 2.30. The summed E-state index contributed by atoms with van der Waals surface area (Å²) in [5.41, 5.74) is 1.89. The third-order valence-corrected chi connectivity index (χ3v) is 3.22. The first kappa shape index (κ1) is 12.4. The van der Waals surface area contributed by atoms with Gasteiger partial charge in [0.15, 0.2) is 0 Å². The first-order valence-corrected chi connectivity index (χ1v) is 6.05. The van der Waals surface area contributed by atoms with Crippen LogP contribution in [-0.2, 0) is 5.60 Å². The molecule has 0 aromatic heterocycles. The molecule has 18 heavy (non-hydrogen) atoms. The minimum absolute atomic E-state index is 0.508. The lowest BCUT2D eigenvalue weighted by atomic mass is 9.91. The largest absolute Gasteiger partial charge is 0.373 e. The molecule has 1 unspecified atom stereocenters. The second-order valence-electron chi connectivity index (χ2n) is 4.30. The van der Waals surface area contributed by atoms with E-state index >= 15 is 0 Å². The van der Waals surface area contributed by atoms with Gasteiger partial charge in [-0.05, 0) is 23.1 Å². The average molecular weight is 236 g/mol. The van der Waals surface area contributed by atoms with Gasteiger partial charge in [-0.2, -0.15) is 0 Å². The molecule has 0 radical (unpaired) electrons. The molecule has 1 heteroatoms. The fourth-order valence-electron chi connectivity index (χ4n) is 1.96. The molecule has 1 N–H and O–H groups in total. The van der Waals surface area contributed by atoms with Gasteiger partial charge in [0, 0.05) is 0 Å². The third-order valence-electron chi connectivity index (χ3n) is 3.22. The summed E-state index contributed by atoms with van der Waals surface area (Å²) in [5, 5.41) is 10.2. The highest BCUT2D eigenvalue weighted by molar-refractivity contribution is 5.63. The number of terminal acetylenes is 1. The molecule has 0 aliphatic heterocycles. The van der Waals surface area contributed by atoms with Crippen molar-refractivity contribution in [2.24, 2.45) is 0 Å². The van der Waals surface area contributed by atoms with Gasteiger partial charge < -0.3 is 5.11 Å². The van der Waals surface area contributed by atoms with E-state index in [1.165, 1.54) is 0 Å². The zero-order valence-corrected chi connectivity index (χ0v) is 10.4. The van der Waals surface area contributed by atoms with E-state index in [9.17, 15) is 5.11 Å². The van der Waals surface area contributed by atoms with Crippen LogP contribution in [0.2, 0.25) is 0 Å². The minimum Gasteiger partial charge on any atom is -0.373 e. The number of hydrogen-bond acceptors (Lipinski definition) is 1. The quantitative estimate of drug-likeness (QED) is 0.807. The molecule has 0 aliphatic carbocycles. The van der Waals surface area contributed by atoms with Crippen LogP contribution in [0.25, 0.3) is 11.1 Å². The molecule has 0 amide bonds. The first-order valence-electron chi connectivity index (χ1n) is 6.05. The molecule has 0 saturated heterocycles. The van der Waals surface area contributed by atoms with Gasteiger partial charge in [-0.25, -0.2) is 0 Å². The minimum atomic E-state index is -1.16. The van der Waals surface area contributed by atoms with Gasteiger partial charge in [-0.3, -0.25) is 0 Å². The lowest BCUT2D eigenvalue weighted by Crippen LogP contribution is -2.21. The lowest BCUT2D eigenvalue weighted by Gasteiger charge is -2.20. The highest BCUT2D eigenvalue weighted by atomic mass is 16.3. The Balaban J connectivity index is 2.35. The zero-order chi connectivity index (χ0) is 13.0. The molecule has 0 saturated carbocycles. The van der Waals surface area contributed by atoms with Crippen LogP contribution < -0.4 is 0 Å². The number of aliphatic hydroxyl groups is 1. The fourth-order valence-corrected chi connectivity index (χ4v) is 1.96. The van der Waals surface area contributed by atoms with Crippen LogP contribution in [0, 0.1) is 12.3 Å². The molecule has 1 atom stereocenters. The monoisotopic (exact) mass is 236 g/mol.